The topological polar surface area (TPSA) is 38.7 Å². The van der Waals surface area contributed by atoms with Gasteiger partial charge in [-0.15, -0.1) is 0 Å². The number of methoxy groups -OCH3 is 2. The molecule has 0 aliphatic rings. The van der Waals surface area contributed by atoms with Crippen molar-refractivity contribution < 1.29 is 19.0 Å². The molecule has 3 nitrogen and oxygen atoms in total. The Morgan fingerprint density at radius 3 is 2.29 bits per heavy atom. The van der Waals surface area contributed by atoms with E-state index in [4.69, 9.17) is 14.6 Å². The van der Waals surface area contributed by atoms with E-state index in [-0.39, 0.29) is 18.1 Å². The van der Waals surface area contributed by atoms with E-state index >= 15 is 0 Å². The number of benzene rings is 1. The smallest absolute Gasteiger partial charge is 0.197 e. The predicted octanol–water partition coefficient (Wildman–Crippen LogP) is 1.64. The standard InChI is InChI=1S/C10H13FO3/c1-6-4-8(11)10(14-3)9(13-2)7(6)5-12/h4,12H,5H2,1-3H3. The van der Waals surface area contributed by atoms with Crippen LogP contribution < -0.4 is 9.47 Å². The first-order valence-electron chi connectivity index (χ1n) is 4.16. The van der Waals surface area contributed by atoms with Crippen LogP contribution in [-0.4, -0.2) is 19.3 Å². The maximum Gasteiger partial charge on any atom is 0.197 e. The zero-order valence-corrected chi connectivity index (χ0v) is 8.43. The summed E-state index contributed by atoms with van der Waals surface area (Å²) in [6.07, 6.45) is 0. The third-order valence-electron chi connectivity index (χ3n) is 2.08. The highest BCUT2D eigenvalue weighted by Crippen LogP contribution is 2.35. The molecular formula is C10H13FO3. The van der Waals surface area contributed by atoms with Crippen molar-refractivity contribution in [2.45, 2.75) is 13.5 Å². The van der Waals surface area contributed by atoms with E-state index in [2.05, 4.69) is 0 Å². The maximum absolute atomic E-state index is 13.3. The van der Waals surface area contributed by atoms with E-state index < -0.39 is 5.82 Å². The van der Waals surface area contributed by atoms with Crippen molar-refractivity contribution in [2.75, 3.05) is 14.2 Å². The SMILES string of the molecule is COc1c(F)cc(C)c(CO)c1OC. The van der Waals surface area contributed by atoms with Crippen molar-refractivity contribution in [1.82, 2.24) is 0 Å². The van der Waals surface area contributed by atoms with E-state index in [1.54, 1.807) is 6.92 Å². The van der Waals surface area contributed by atoms with Gasteiger partial charge in [0, 0.05) is 5.56 Å². The average molecular weight is 200 g/mol. The number of aliphatic hydroxyl groups excluding tert-OH is 1. The minimum atomic E-state index is -0.487. The van der Waals surface area contributed by atoms with Gasteiger partial charge < -0.3 is 14.6 Å². The molecule has 1 aromatic rings. The fraction of sp³-hybridized carbons (Fsp3) is 0.400. The summed E-state index contributed by atoms with van der Waals surface area (Å²) in [5, 5.41) is 9.08. The Hall–Kier alpha value is -1.29. The number of hydrogen-bond acceptors (Lipinski definition) is 3. The Morgan fingerprint density at radius 2 is 1.86 bits per heavy atom. The molecule has 0 atom stereocenters. The normalized spacial score (nSPS) is 10.1. The van der Waals surface area contributed by atoms with Crippen molar-refractivity contribution in [1.29, 1.82) is 0 Å². The highest BCUT2D eigenvalue weighted by molar-refractivity contribution is 5.51. The fourth-order valence-electron chi connectivity index (χ4n) is 1.37. The van der Waals surface area contributed by atoms with Gasteiger partial charge in [0.05, 0.1) is 20.8 Å². The summed E-state index contributed by atoms with van der Waals surface area (Å²) in [5.41, 5.74) is 1.19. The van der Waals surface area contributed by atoms with E-state index in [0.29, 0.717) is 11.1 Å². The molecule has 0 saturated heterocycles. The first kappa shape index (κ1) is 10.8. The molecule has 1 N–H and O–H groups in total. The number of hydrogen-bond donors (Lipinski definition) is 1. The van der Waals surface area contributed by atoms with Crippen LogP contribution in [0.25, 0.3) is 0 Å². The van der Waals surface area contributed by atoms with Crippen molar-refractivity contribution >= 4 is 0 Å². The summed E-state index contributed by atoms with van der Waals surface area (Å²) >= 11 is 0. The third-order valence-corrected chi connectivity index (χ3v) is 2.08. The predicted molar refractivity (Wildman–Crippen MR) is 50.2 cm³/mol. The second-order valence-corrected chi connectivity index (χ2v) is 2.88. The molecule has 0 unspecified atom stereocenters. The van der Waals surface area contributed by atoms with Crippen LogP contribution in [-0.2, 0) is 6.61 Å². The summed E-state index contributed by atoms with van der Waals surface area (Å²) in [7, 11) is 2.77. The average Bonchev–Trinajstić information content (AvgIpc) is 2.16. The zero-order valence-electron chi connectivity index (χ0n) is 8.43. The maximum atomic E-state index is 13.3. The summed E-state index contributed by atoms with van der Waals surface area (Å²) < 4.78 is 23.2. The monoisotopic (exact) mass is 200 g/mol. The Kier molecular flexibility index (Phi) is 3.30. The van der Waals surface area contributed by atoms with E-state index in [1.165, 1.54) is 20.3 Å². The molecule has 1 rings (SSSR count). The van der Waals surface area contributed by atoms with Gasteiger partial charge in [0.2, 0.25) is 0 Å². The van der Waals surface area contributed by atoms with Crippen molar-refractivity contribution in [3.05, 3.63) is 23.0 Å². The van der Waals surface area contributed by atoms with Crippen LogP contribution >= 0.6 is 0 Å². The van der Waals surface area contributed by atoms with E-state index in [1.807, 2.05) is 0 Å². The molecule has 0 aliphatic heterocycles. The van der Waals surface area contributed by atoms with E-state index in [9.17, 15) is 4.39 Å². The molecule has 0 aliphatic carbocycles. The molecule has 0 fully saturated rings. The summed E-state index contributed by atoms with van der Waals surface area (Å²) in [4.78, 5) is 0. The quantitative estimate of drug-likeness (QED) is 0.806. The lowest BCUT2D eigenvalue weighted by atomic mass is 10.1. The van der Waals surface area contributed by atoms with Crippen LogP contribution in [0.4, 0.5) is 4.39 Å². The summed E-state index contributed by atoms with van der Waals surface area (Å²) in [6, 6.07) is 1.31. The lowest BCUT2D eigenvalue weighted by Crippen LogP contribution is -2.01. The van der Waals surface area contributed by atoms with Gasteiger partial charge in [0.25, 0.3) is 0 Å². The molecule has 0 aromatic heterocycles. The van der Waals surface area contributed by atoms with Crippen LogP contribution in [0.2, 0.25) is 0 Å². The van der Waals surface area contributed by atoms with Crippen molar-refractivity contribution in [3.8, 4) is 11.5 Å². The van der Waals surface area contributed by atoms with Gasteiger partial charge in [-0.1, -0.05) is 0 Å². The molecule has 0 spiro atoms. The fourth-order valence-corrected chi connectivity index (χ4v) is 1.37. The van der Waals surface area contributed by atoms with Gasteiger partial charge in [-0.25, -0.2) is 4.39 Å². The van der Waals surface area contributed by atoms with Gasteiger partial charge in [-0.2, -0.15) is 0 Å². The number of rotatable bonds is 3. The molecule has 0 bridgehead atoms. The molecule has 0 heterocycles. The molecule has 1 aromatic carbocycles. The molecule has 0 saturated carbocycles. The Balaban J connectivity index is 3.43. The number of aryl methyl sites for hydroxylation is 1. The molecular weight excluding hydrogens is 187 g/mol. The summed E-state index contributed by atoms with van der Waals surface area (Å²) in [6.45, 7) is 1.50. The van der Waals surface area contributed by atoms with Crippen LogP contribution in [0, 0.1) is 12.7 Å². The number of aliphatic hydroxyl groups is 1. The van der Waals surface area contributed by atoms with Crippen LogP contribution in [0.15, 0.2) is 6.07 Å². The Bertz CT molecular complexity index is 308. The van der Waals surface area contributed by atoms with Gasteiger partial charge >= 0.3 is 0 Å². The zero-order chi connectivity index (χ0) is 10.7. The van der Waals surface area contributed by atoms with Gasteiger partial charge in [-0.3, -0.25) is 0 Å². The van der Waals surface area contributed by atoms with Crippen molar-refractivity contribution in [3.63, 3.8) is 0 Å². The van der Waals surface area contributed by atoms with Crippen LogP contribution in [0.1, 0.15) is 11.1 Å². The van der Waals surface area contributed by atoms with Crippen molar-refractivity contribution in [2.24, 2.45) is 0 Å². The third kappa shape index (κ3) is 1.65. The van der Waals surface area contributed by atoms with Gasteiger partial charge in [-0.05, 0) is 18.6 Å². The Morgan fingerprint density at radius 1 is 1.29 bits per heavy atom. The molecule has 78 valence electrons. The first-order valence-corrected chi connectivity index (χ1v) is 4.16. The minimum Gasteiger partial charge on any atom is -0.492 e. The molecule has 14 heavy (non-hydrogen) atoms. The molecule has 0 radical (unpaired) electrons. The highest BCUT2D eigenvalue weighted by atomic mass is 19.1. The second kappa shape index (κ2) is 4.28. The minimum absolute atomic E-state index is 0.0298. The molecule has 0 amide bonds. The van der Waals surface area contributed by atoms with Crippen LogP contribution in [0.5, 0.6) is 11.5 Å². The Labute approximate surface area is 82.1 Å². The van der Waals surface area contributed by atoms with Gasteiger partial charge in [0.1, 0.15) is 0 Å². The number of halogens is 1. The van der Waals surface area contributed by atoms with Gasteiger partial charge in [0.15, 0.2) is 17.3 Å². The summed E-state index contributed by atoms with van der Waals surface area (Å²) in [5.74, 6) is -0.200. The largest absolute Gasteiger partial charge is 0.492 e. The first-order chi connectivity index (χ1) is 6.65. The van der Waals surface area contributed by atoms with E-state index in [0.717, 1.165) is 0 Å². The lowest BCUT2D eigenvalue weighted by Gasteiger charge is -2.14. The van der Waals surface area contributed by atoms with Crippen LogP contribution in [0.3, 0.4) is 0 Å². The second-order valence-electron chi connectivity index (χ2n) is 2.88. The number of ether oxygens (including phenoxy) is 2. The molecule has 4 heteroatoms. The highest BCUT2D eigenvalue weighted by Gasteiger charge is 2.17. The lowest BCUT2D eigenvalue weighted by molar-refractivity contribution is 0.267.